The van der Waals surface area contributed by atoms with Crippen LogP contribution < -0.4 is 24.7 Å². The molecule has 0 bridgehead atoms. The summed E-state index contributed by atoms with van der Waals surface area (Å²) in [5.41, 5.74) is 7.64. The van der Waals surface area contributed by atoms with Crippen LogP contribution in [-0.4, -0.2) is 33.7 Å². The number of nitrogen functional groups attached to an aromatic ring is 1. The first-order valence-corrected chi connectivity index (χ1v) is 8.98. The molecule has 0 fully saturated rings. The molecule has 0 saturated heterocycles. The fourth-order valence-electron chi connectivity index (χ4n) is 2.51. The second-order valence-corrected chi connectivity index (χ2v) is 6.32. The van der Waals surface area contributed by atoms with Crippen LogP contribution >= 0.6 is 15.9 Å². The highest BCUT2D eigenvalue weighted by Gasteiger charge is 2.18. The number of Topliss-reactive ketones (excluding diaryl/α,β-unsaturated/α-hetero) is 1. The molecule has 0 atom stereocenters. The summed E-state index contributed by atoms with van der Waals surface area (Å²) in [5.74, 6) is 1.62. The van der Waals surface area contributed by atoms with Crippen LogP contribution in [0, 0.1) is 0 Å². The highest BCUT2D eigenvalue weighted by atomic mass is 79.9. The van der Waals surface area contributed by atoms with Crippen LogP contribution in [0.15, 0.2) is 34.8 Å². The molecular formula is C20H22BrNO5. The molecule has 0 unspecified atom stereocenters. The second kappa shape index (κ2) is 9.32. The third-order valence-electron chi connectivity index (χ3n) is 3.77. The van der Waals surface area contributed by atoms with Gasteiger partial charge in [-0.2, -0.15) is 0 Å². The highest BCUT2D eigenvalue weighted by Crippen LogP contribution is 2.39. The average molecular weight is 436 g/mol. The van der Waals surface area contributed by atoms with E-state index in [0.717, 1.165) is 5.56 Å². The predicted molar refractivity (Wildman–Crippen MR) is 109 cm³/mol. The van der Waals surface area contributed by atoms with Crippen molar-refractivity contribution in [3.63, 3.8) is 0 Å². The van der Waals surface area contributed by atoms with Crippen molar-refractivity contribution in [1.82, 2.24) is 0 Å². The number of rotatable bonds is 8. The summed E-state index contributed by atoms with van der Waals surface area (Å²) in [4.78, 5) is 12.8. The topological polar surface area (TPSA) is 80.0 Å². The molecule has 7 heteroatoms. The normalized spacial score (nSPS) is 11.1. The van der Waals surface area contributed by atoms with Crippen molar-refractivity contribution in [1.29, 1.82) is 0 Å². The van der Waals surface area contributed by atoms with Crippen molar-refractivity contribution < 1.29 is 23.7 Å². The third kappa shape index (κ3) is 4.74. The van der Waals surface area contributed by atoms with E-state index < -0.39 is 0 Å². The molecule has 0 aromatic heterocycles. The number of nitrogens with two attached hydrogens (primary N) is 1. The van der Waals surface area contributed by atoms with Crippen molar-refractivity contribution in [3.8, 4) is 23.0 Å². The van der Waals surface area contributed by atoms with Crippen LogP contribution in [0.5, 0.6) is 23.0 Å². The van der Waals surface area contributed by atoms with Crippen molar-refractivity contribution in [2.75, 3.05) is 33.7 Å². The summed E-state index contributed by atoms with van der Waals surface area (Å²) in [6.45, 7) is 2.42. The number of hydrogen-bond acceptors (Lipinski definition) is 6. The van der Waals surface area contributed by atoms with E-state index in [1.165, 1.54) is 21.3 Å². The van der Waals surface area contributed by atoms with Gasteiger partial charge in [-0.15, -0.1) is 0 Å². The van der Waals surface area contributed by atoms with Gasteiger partial charge < -0.3 is 24.7 Å². The Bertz CT molecular complexity index is 838. The fourth-order valence-corrected chi connectivity index (χ4v) is 3.00. The molecule has 0 radical (unpaired) electrons. The maximum absolute atomic E-state index is 12.8. The Morgan fingerprint density at radius 3 is 2.15 bits per heavy atom. The number of methoxy groups -OCH3 is 3. The fraction of sp³-hybridized carbons (Fsp3) is 0.250. The van der Waals surface area contributed by atoms with Crippen LogP contribution in [0.2, 0.25) is 0 Å². The third-order valence-corrected chi connectivity index (χ3v) is 4.36. The lowest BCUT2D eigenvalue weighted by Crippen LogP contribution is -2.03. The predicted octanol–water partition coefficient (Wildman–Crippen LogP) is 4.31. The van der Waals surface area contributed by atoms with Gasteiger partial charge in [-0.3, -0.25) is 4.79 Å². The maximum atomic E-state index is 12.8. The standard InChI is InChI=1S/C20H22BrNO5/c1-5-27-16-7-6-12(9-15(16)22)8-14(21)19(23)13-10-17(24-2)20(26-4)18(11-13)25-3/h6-11H,5,22H2,1-4H3. The van der Waals surface area contributed by atoms with E-state index in [1.54, 1.807) is 30.3 Å². The second-order valence-electron chi connectivity index (χ2n) is 5.47. The van der Waals surface area contributed by atoms with Crippen LogP contribution in [0.1, 0.15) is 22.8 Å². The first-order valence-electron chi connectivity index (χ1n) is 8.19. The molecular weight excluding hydrogens is 414 g/mol. The number of carbonyl (C=O) groups excluding carboxylic acids is 1. The summed E-state index contributed by atoms with van der Waals surface area (Å²) in [6.07, 6.45) is 1.69. The molecule has 27 heavy (non-hydrogen) atoms. The SMILES string of the molecule is CCOc1ccc(C=C(Br)C(=O)c2cc(OC)c(OC)c(OC)c2)cc1N. The van der Waals surface area contributed by atoms with Gasteiger partial charge in [0.1, 0.15) is 5.75 Å². The minimum absolute atomic E-state index is 0.235. The molecule has 0 aliphatic heterocycles. The zero-order valence-corrected chi connectivity index (χ0v) is 17.3. The number of ether oxygens (including phenoxy) is 4. The number of benzene rings is 2. The quantitative estimate of drug-likeness (QED) is 0.377. The van der Waals surface area contributed by atoms with E-state index in [-0.39, 0.29) is 5.78 Å². The summed E-state index contributed by atoms with van der Waals surface area (Å²) in [5, 5.41) is 0. The zero-order valence-electron chi connectivity index (χ0n) is 15.7. The molecule has 6 nitrogen and oxygen atoms in total. The van der Waals surface area contributed by atoms with Gasteiger partial charge in [0.2, 0.25) is 5.75 Å². The largest absolute Gasteiger partial charge is 0.493 e. The minimum Gasteiger partial charge on any atom is -0.493 e. The van der Waals surface area contributed by atoms with Crippen LogP contribution in [0.4, 0.5) is 5.69 Å². The number of anilines is 1. The smallest absolute Gasteiger partial charge is 0.203 e. The van der Waals surface area contributed by atoms with E-state index in [2.05, 4.69) is 15.9 Å². The van der Waals surface area contributed by atoms with E-state index in [1.807, 2.05) is 13.0 Å². The first kappa shape index (κ1) is 20.6. The Labute approximate surface area is 167 Å². The van der Waals surface area contributed by atoms with Gasteiger partial charge in [-0.25, -0.2) is 0 Å². The molecule has 2 aromatic carbocycles. The molecule has 144 valence electrons. The monoisotopic (exact) mass is 435 g/mol. The van der Waals surface area contributed by atoms with Crippen molar-refractivity contribution in [2.45, 2.75) is 6.92 Å². The first-order chi connectivity index (χ1) is 12.9. The minimum atomic E-state index is -0.235. The molecule has 2 aromatic rings. The van der Waals surface area contributed by atoms with Crippen molar-refractivity contribution in [2.24, 2.45) is 0 Å². The van der Waals surface area contributed by atoms with E-state index in [0.29, 0.717) is 45.3 Å². The molecule has 0 spiro atoms. The van der Waals surface area contributed by atoms with E-state index in [4.69, 9.17) is 24.7 Å². The summed E-state index contributed by atoms with van der Waals surface area (Å²) in [6, 6.07) is 8.55. The van der Waals surface area contributed by atoms with Gasteiger partial charge in [0.05, 0.1) is 38.1 Å². The Hall–Kier alpha value is -2.67. The zero-order chi connectivity index (χ0) is 20.0. The van der Waals surface area contributed by atoms with Crippen molar-refractivity contribution in [3.05, 3.63) is 45.9 Å². The average Bonchev–Trinajstić information content (AvgIpc) is 2.68. The molecule has 0 amide bonds. The number of allylic oxidation sites excluding steroid dienone is 1. The van der Waals surface area contributed by atoms with Crippen molar-refractivity contribution >= 4 is 33.5 Å². The highest BCUT2D eigenvalue weighted by molar-refractivity contribution is 9.12. The molecule has 0 aliphatic rings. The lowest BCUT2D eigenvalue weighted by atomic mass is 10.1. The Balaban J connectivity index is 2.36. The number of ketones is 1. The summed E-state index contributed by atoms with van der Waals surface area (Å²) >= 11 is 3.35. The Morgan fingerprint density at radius 2 is 1.67 bits per heavy atom. The lowest BCUT2D eigenvalue weighted by molar-refractivity contribution is 0.104. The summed E-state index contributed by atoms with van der Waals surface area (Å²) in [7, 11) is 4.51. The van der Waals surface area contributed by atoms with E-state index in [9.17, 15) is 4.79 Å². The van der Waals surface area contributed by atoms with Gasteiger partial charge >= 0.3 is 0 Å². The van der Waals surface area contributed by atoms with Crippen LogP contribution in [0.25, 0.3) is 6.08 Å². The molecule has 0 saturated carbocycles. The molecule has 0 aliphatic carbocycles. The maximum Gasteiger partial charge on any atom is 0.203 e. The lowest BCUT2D eigenvalue weighted by Gasteiger charge is -2.13. The van der Waals surface area contributed by atoms with Gasteiger partial charge in [-0.05, 0) is 58.8 Å². The van der Waals surface area contributed by atoms with Gasteiger partial charge in [0, 0.05) is 5.56 Å². The number of hydrogen-bond donors (Lipinski definition) is 1. The van der Waals surface area contributed by atoms with Crippen LogP contribution in [-0.2, 0) is 0 Å². The van der Waals surface area contributed by atoms with Crippen LogP contribution in [0.3, 0.4) is 0 Å². The molecule has 0 heterocycles. The van der Waals surface area contributed by atoms with Gasteiger partial charge in [-0.1, -0.05) is 6.07 Å². The van der Waals surface area contributed by atoms with Gasteiger partial charge in [0.25, 0.3) is 0 Å². The molecule has 2 N–H and O–H groups in total. The summed E-state index contributed by atoms with van der Waals surface area (Å²) < 4.78 is 21.7. The number of carbonyl (C=O) groups is 1. The Kier molecular flexibility index (Phi) is 7.12. The van der Waals surface area contributed by atoms with E-state index >= 15 is 0 Å². The number of halogens is 1. The van der Waals surface area contributed by atoms with Gasteiger partial charge in [0.15, 0.2) is 17.3 Å². The Morgan fingerprint density at radius 1 is 1.04 bits per heavy atom. The molecule has 2 rings (SSSR count).